The van der Waals surface area contributed by atoms with Crippen molar-refractivity contribution in [3.8, 4) is 5.75 Å². The lowest BCUT2D eigenvalue weighted by molar-refractivity contribution is 0.0955. The molecule has 2 fully saturated rings. The highest BCUT2D eigenvalue weighted by Crippen LogP contribution is 2.60. The second kappa shape index (κ2) is 7.08. The van der Waals surface area contributed by atoms with Crippen LogP contribution in [0.3, 0.4) is 0 Å². The van der Waals surface area contributed by atoms with Gasteiger partial charge < -0.3 is 5.11 Å². The molecule has 150 valence electrons. The molecule has 0 radical (unpaired) electrons. The van der Waals surface area contributed by atoms with Crippen LogP contribution >= 0.6 is 0 Å². The van der Waals surface area contributed by atoms with Gasteiger partial charge in [0.05, 0.1) is 6.21 Å². The van der Waals surface area contributed by atoms with E-state index in [0.717, 1.165) is 24.8 Å². The van der Waals surface area contributed by atoms with Crippen LogP contribution in [0.4, 0.5) is 4.39 Å². The average molecular weight is 391 g/mol. The van der Waals surface area contributed by atoms with E-state index in [1.54, 1.807) is 18.3 Å². The Kier molecular flexibility index (Phi) is 4.53. The Labute approximate surface area is 171 Å². The van der Waals surface area contributed by atoms with E-state index in [-0.39, 0.29) is 11.2 Å². The van der Waals surface area contributed by atoms with Gasteiger partial charge in [-0.2, -0.15) is 10.2 Å². The minimum atomic E-state index is -0.236. The van der Waals surface area contributed by atoms with Crippen LogP contribution in [-0.2, 0) is 6.42 Å². The Balaban J connectivity index is 1.37. The van der Waals surface area contributed by atoms with Gasteiger partial charge in [0.2, 0.25) is 0 Å². The highest BCUT2D eigenvalue weighted by Gasteiger charge is 2.53. The lowest BCUT2D eigenvalue weighted by atomic mass is 9.55. The number of aromatic hydroxyl groups is 1. The molecule has 0 aromatic heterocycles. The van der Waals surface area contributed by atoms with Crippen molar-refractivity contribution in [2.45, 2.75) is 51.4 Å². The molecule has 0 heterocycles. The maximum atomic E-state index is 13.1. The fourth-order valence-electron chi connectivity index (χ4n) is 6.24. The van der Waals surface area contributed by atoms with Gasteiger partial charge in [0.25, 0.3) is 0 Å². The van der Waals surface area contributed by atoms with Gasteiger partial charge in [0, 0.05) is 11.1 Å². The molecule has 3 aliphatic rings. The van der Waals surface area contributed by atoms with Crippen LogP contribution in [0.1, 0.15) is 61.6 Å². The molecule has 5 rings (SSSR count). The van der Waals surface area contributed by atoms with E-state index in [1.807, 2.05) is 12.1 Å². The van der Waals surface area contributed by atoms with Crippen LogP contribution in [0.25, 0.3) is 0 Å². The maximum absolute atomic E-state index is 13.1. The Morgan fingerprint density at radius 1 is 1.07 bits per heavy atom. The first-order valence-electron chi connectivity index (χ1n) is 10.7. The van der Waals surface area contributed by atoms with Gasteiger partial charge in [-0.25, -0.2) is 4.39 Å². The van der Waals surface area contributed by atoms with Crippen molar-refractivity contribution in [2.75, 3.05) is 0 Å². The summed E-state index contributed by atoms with van der Waals surface area (Å²) in [7, 11) is 0. The van der Waals surface area contributed by atoms with Crippen molar-refractivity contribution in [2.24, 2.45) is 27.5 Å². The summed E-state index contributed by atoms with van der Waals surface area (Å²) in [4.78, 5) is 0. The lowest BCUT2D eigenvalue weighted by Gasteiger charge is -2.49. The predicted molar refractivity (Wildman–Crippen MR) is 114 cm³/mol. The van der Waals surface area contributed by atoms with Crippen molar-refractivity contribution in [1.29, 1.82) is 0 Å². The monoisotopic (exact) mass is 390 g/mol. The minimum Gasteiger partial charge on any atom is -0.508 e. The SMILES string of the molecule is CC12CCC3c4ccc(O)cc4CCC3C1CC/C2=N/N=C/c1ccc(F)cc1. The van der Waals surface area contributed by atoms with Crippen molar-refractivity contribution >= 4 is 11.9 Å². The second-order valence-corrected chi connectivity index (χ2v) is 9.14. The Morgan fingerprint density at radius 2 is 1.90 bits per heavy atom. The number of halogens is 1. The van der Waals surface area contributed by atoms with Gasteiger partial charge in [-0.3, -0.25) is 0 Å². The summed E-state index contributed by atoms with van der Waals surface area (Å²) in [5.41, 5.74) is 5.03. The number of nitrogens with zero attached hydrogens (tertiary/aromatic N) is 2. The highest BCUT2D eigenvalue weighted by atomic mass is 19.1. The molecule has 4 heteroatoms. The maximum Gasteiger partial charge on any atom is 0.123 e. The van der Waals surface area contributed by atoms with E-state index in [4.69, 9.17) is 0 Å². The largest absolute Gasteiger partial charge is 0.508 e. The van der Waals surface area contributed by atoms with Crippen molar-refractivity contribution in [1.82, 2.24) is 0 Å². The number of phenols is 1. The summed E-state index contributed by atoms with van der Waals surface area (Å²) in [5.74, 6) is 2.11. The van der Waals surface area contributed by atoms with E-state index in [0.29, 0.717) is 23.5 Å². The predicted octanol–water partition coefficient (Wildman–Crippen LogP) is 5.86. The highest BCUT2D eigenvalue weighted by molar-refractivity contribution is 5.93. The van der Waals surface area contributed by atoms with E-state index >= 15 is 0 Å². The van der Waals surface area contributed by atoms with Crippen molar-refractivity contribution in [3.63, 3.8) is 0 Å². The van der Waals surface area contributed by atoms with Crippen LogP contribution < -0.4 is 0 Å². The van der Waals surface area contributed by atoms with Crippen LogP contribution in [-0.4, -0.2) is 17.0 Å². The number of aryl methyl sites for hydroxylation is 1. The zero-order chi connectivity index (χ0) is 20.0. The van der Waals surface area contributed by atoms with E-state index < -0.39 is 0 Å². The summed E-state index contributed by atoms with van der Waals surface area (Å²) >= 11 is 0. The number of benzene rings is 2. The fraction of sp³-hybridized carbons (Fsp3) is 0.440. The van der Waals surface area contributed by atoms with Crippen molar-refractivity contribution < 1.29 is 9.50 Å². The molecule has 0 amide bonds. The molecule has 3 nitrogen and oxygen atoms in total. The molecule has 2 aromatic rings. The summed E-state index contributed by atoms with van der Waals surface area (Å²) in [6, 6.07) is 12.3. The van der Waals surface area contributed by atoms with Crippen LogP contribution in [0.2, 0.25) is 0 Å². The first kappa shape index (κ1) is 18.5. The zero-order valence-corrected chi connectivity index (χ0v) is 16.8. The van der Waals surface area contributed by atoms with Gasteiger partial charge in [-0.05, 0) is 97.2 Å². The Morgan fingerprint density at radius 3 is 2.72 bits per heavy atom. The number of fused-ring (bicyclic) bond motifs is 5. The van der Waals surface area contributed by atoms with E-state index in [9.17, 15) is 9.50 Å². The number of hydrogen-bond donors (Lipinski definition) is 1. The molecule has 0 bridgehead atoms. The van der Waals surface area contributed by atoms with Crippen LogP contribution in [0.15, 0.2) is 52.7 Å². The van der Waals surface area contributed by atoms with Gasteiger partial charge in [0.15, 0.2) is 0 Å². The summed E-state index contributed by atoms with van der Waals surface area (Å²) in [5, 5.41) is 18.8. The van der Waals surface area contributed by atoms with Crippen LogP contribution in [0, 0.1) is 23.1 Å². The molecule has 4 unspecified atom stereocenters. The smallest absolute Gasteiger partial charge is 0.123 e. The molecule has 29 heavy (non-hydrogen) atoms. The molecule has 2 aromatic carbocycles. The Bertz CT molecular complexity index is 981. The molecular weight excluding hydrogens is 363 g/mol. The molecule has 0 saturated heterocycles. The molecule has 4 atom stereocenters. The summed E-state index contributed by atoms with van der Waals surface area (Å²) < 4.78 is 13.1. The minimum absolute atomic E-state index is 0.135. The molecule has 0 aliphatic heterocycles. The number of rotatable bonds is 2. The first-order chi connectivity index (χ1) is 14.0. The molecule has 0 spiro atoms. The van der Waals surface area contributed by atoms with Gasteiger partial charge >= 0.3 is 0 Å². The second-order valence-electron chi connectivity index (χ2n) is 9.14. The molecular formula is C25H27FN2O. The van der Waals surface area contributed by atoms with E-state index in [2.05, 4.69) is 23.2 Å². The topological polar surface area (TPSA) is 45.0 Å². The fourth-order valence-corrected chi connectivity index (χ4v) is 6.24. The van der Waals surface area contributed by atoms with Gasteiger partial charge in [0.1, 0.15) is 11.6 Å². The molecule has 3 aliphatic carbocycles. The normalized spacial score (nSPS) is 32.2. The van der Waals surface area contributed by atoms with Crippen molar-refractivity contribution in [3.05, 3.63) is 65.0 Å². The standard InChI is InChI=1S/C25H27FN2O/c1-25-13-12-21-20-9-7-19(29)14-17(20)4-8-22(21)23(25)10-11-24(25)28-27-15-16-2-5-18(26)6-3-16/h2-3,5-7,9,14-15,21-23,29H,4,8,10-13H2,1H3/b27-15+,28-24-. The molecule has 2 saturated carbocycles. The van der Waals surface area contributed by atoms with Crippen LogP contribution in [0.5, 0.6) is 5.75 Å². The van der Waals surface area contributed by atoms with E-state index in [1.165, 1.54) is 48.2 Å². The first-order valence-corrected chi connectivity index (χ1v) is 10.7. The zero-order valence-electron chi connectivity index (χ0n) is 16.8. The quantitative estimate of drug-likeness (QED) is 0.506. The lowest BCUT2D eigenvalue weighted by Crippen LogP contribution is -2.42. The number of phenolic OH excluding ortho intramolecular Hbond substituents is 1. The van der Waals surface area contributed by atoms with Gasteiger partial charge in [-0.1, -0.05) is 25.1 Å². The molecule has 1 N–H and O–H groups in total. The summed E-state index contributed by atoms with van der Waals surface area (Å²) in [6.07, 6.45) is 8.52. The Hall–Kier alpha value is -2.49. The van der Waals surface area contributed by atoms with Gasteiger partial charge in [-0.15, -0.1) is 0 Å². The third-order valence-corrected chi connectivity index (χ3v) is 7.71. The summed E-state index contributed by atoms with van der Waals surface area (Å²) in [6.45, 7) is 2.39. The number of hydrogen-bond acceptors (Lipinski definition) is 3. The third kappa shape index (κ3) is 3.19. The average Bonchev–Trinajstić information content (AvgIpc) is 3.05. The third-order valence-electron chi connectivity index (χ3n) is 7.71.